The normalized spacial score (nSPS) is 19.8. The van der Waals surface area contributed by atoms with Crippen LogP contribution in [0.3, 0.4) is 0 Å². The first kappa shape index (κ1) is 18.9. The number of anilines is 2. The molecule has 0 aromatic heterocycles. The molecule has 0 aliphatic carbocycles. The first-order valence-corrected chi connectivity index (χ1v) is 10.5. The van der Waals surface area contributed by atoms with E-state index in [2.05, 4.69) is 22.3 Å². The zero-order valence-corrected chi connectivity index (χ0v) is 17.1. The molecule has 1 fully saturated rings. The molecular formula is C23H20FN3O2S. The van der Waals surface area contributed by atoms with Gasteiger partial charge in [0.25, 0.3) is 11.8 Å². The first-order chi connectivity index (χ1) is 14.5. The molecule has 0 spiro atoms. The number of halogens is 1. The molecule has 1 saturated heterocycles. The van der Waals surface area contributed by atoms with E-state index in [0.717, 1.165) is 49.2 Å². The van der Waals surface area contributed by atoms with Crippen LogP contribution in [0.1, 0.15) is 29.5 Å². The molecule has 5 rings (SSSR count). The van der Waals surface area contributed by atoms with E-state index < -0.39 is 17.6 Å². The van der Waals surface area contributed by atoms with Gasteiger partial charge in [-0.2, -0.15) is 0 Å². The number of nitrogens with zero attached hydrogens (tertiary/aromatic N) is 2. The Labute approximate surface area is 179 Å². The predicted molar refractivity (Wildman–Crippen MR) is 118 cm³/mol. The summed E-state index contributed by atoms with van der Waals surface area (Å²) in [4.78, 5) is 29.3. The topological polar surface area (TPSA) is 52.7 Å². The smallest absolute Gasteiger partial charge is 0.270 e. The quantitative estimate of drug-likeness (QED) is 0.459. The van der Waals surface area contributed by atoms with Crippen LogP contribution < -0.4 is 15.1 Å². The summed E-state index contributed by atoms with van der Waals surface area (Å²) in [5.74, 6) is -1.57. The summed E-state index contributed by atoms with van der Waals surface area (Å²) in [6.07, 6.45) is 5.82. The summed E-state index contributed by atoms with van der Waals surface area (Å²) < 4.78 is 13.7. The predicted octanol–water partition coefficient (Wildman–Crippen LogP) is 3.36. The molecule has 3 heterocycles. The van der Waals surface area contributed by atoms with Gasteiger partial charge in [0.2, 0.25) is 0 Å². The second kappa shape index (κ2) is 7.32. The third kappa shape index (κ3) is 3.19. The number of thiocarbonyl (C=S) groups is 1. The number of aryl methyl sites for hydroxylation is 2. The van der Waals surface area contributed by atoms with Crippen molar-refractivity contribution in [2.45, 2.75) is 25.7 Å². The zero-order chi connectivity index (χ0) is 20.8. The zero-order valence-electron chi connectivity index (χ0n) is 16.3. The van der Waals surface area contributed by atoms with Crippen molar-refractivity contribution in [1.29, 1.82) is 0 Å². The fourth-order valence-electron chi connectivity index (χ4n) is 4.59. The molecule has 0 atom stereocenters. The number of benzene rings is 2. The third-order valence-electron chi connectivity index (χ3n) is 5.83. The van der Waals surface area contributed by atoms with E-state index in [1.165, 1.54) is 35.0 Å². The molecular weight excluding hydrogens is 401 g/mol. The van der Waals surface area contributed by atoms with Gasteiger partial charge >= 0.3 is 0 Å². The van der Waals surface area contributed by atoms with E-state index >= 15 is 0 Å². The number of amides is 2. The lowest BCUT2D eigenvalue weighted by molar-refractivity contribution is -0.122. The van der Waals surface area contributed by atoms with Gasteiger partial charge in [0.1, 0.15) is 11.4 Å². The standard InChI is InChI=1S/C23H20FN3O2S/c24-17-6-1-7-18(13-17)27-22(29)19(21(28)25-23(27)30)12-14-10-15-4-2-8-26-9-3-5-16(11-14)20(15)26/h1,6-7,10-13H,2-5,8-9H2,(H,25,28,30). The summed E-state index contributed by atoms with van der Waals surface area (Å²) in [5, 5.41) is 2.50. The van der Waals surface area contributed by atoms with Gasteiger partial charge in [-0.3, -0.25) is 19.8 Å². The van der Waals surface area contributed by atoms with Gasteiger partial charge in [0, 0.05) is 18.8 Å². The molecule has 2 amide bonds. The Balaban J connectivity index is 1.55. The summed E-state index contributed by atoms with van der Waals surface area (Å²) in [5.41, 5.74) is 4.98. The largest absolute Gasteiger partial charge is 0.371 e. The Bertz CT molecular complexity index is 1100. The SMILES string of the molecule is O=C1NC(=S)N(c2cccc(F)c2)C(=O)C1=Cc1cc2c3c(c1)CCCN3CCC2. The van der Waals surface area contributed by atoms with E-state index in [4.69, 9.17) is 12.2 Å². The molecule has 2 aromatic rings. The van der Waals surface area contributed by atoms with Gasteiger partial charge in [-0.15, -0.1) is 0 Å². The van der Waals surface area contributed by atoms with Crippen LogP contribution in [0.15, 0.2) is 42.0 Å². The number of hydrogen-bond acceptors (Lipinski definition) is 4. The van der Waals surface area contributed by atoms with E-state index in [9.17, 15) is 14.0 Å². The fraction of sp³-hybridized carbons (Fsp3) is 0.261. The number of carbonyl (C=O) groups is 2. The van der Waals surface area contributed by atoms with E-state index in [-0.39, 0.29) is 16.4 Å². The molecule has 152 valence electrons. The molecule has 0 unspecified atom stereocenters. The first-order valence-electron chi connectivity index (χ1n) is 10.1. The average molecular weight is 421 g/mol. The Morgan fingerprint density at radius 2 is 1.73 bits per heavy atom. The maximum absolute atomic E-state index is 13.7. The van der Waals surface area contributed by atoms with E-state index in [0.29, 0.717) is 0 Å². The fourth-order valence-corrected chi connectivity index (χ4v) is 4.87. The molecule has 2 aromatic carbocycles. The molecule has 1 N–H and O–H groups in total. The Kier molecular flexibility index (Phi) is 4.62. The van der Waals surface area contributed by atoms with E-state index in [1.807, 2.05) is 0 Å². The van der Waals surface area contributed by atoms with Crippen molar-refractivity contribution in [2.24, 2.45) is 0 Å². The molecule has 0 saturated carbocycles. The average Bonchev–Trinajstić information content (AvgIpc) is 2.71. The van der Waals surface area contributed by atoms with Gasteiger partial charge in [-0.1, -0.05) is 6.07 Å². The molecule has 0 bridgehead atoms. The lowest BCUT2D eigenvalue weighted by Gasteiger charge is -2.37. The molecule has 7 heteroatoms. The van der Waals surface area contributed by atoms with Crippen LogP contribution in [0.25, 0.3) is 6.08 Å². The van der Waals surface area contributed by atoms with E-state index in [1.54, 1.807) is 12.1 Å². The highest BCUT2D eigenvalue weighted by atomic mass is 32.1. The minimum absolute atomic E-state index is 0.0107. The Morgan fingerprint density at radius 1 is 1.03 bits per heavy atom. The van der Waals surface area contributed by atoms with Gasteiger partial charge in [0.05, 0.1) is 5.69 Å². The van der Waals surface area contributed by atoms with Crippen LogP contribution in [-0.2, 0) is 22.4 Å². The lowest BCUT2D eigenvalue weighted by Crippen LogP contribution is -2.54. The van der Waals surface area contributed by atoms with Crippen molar-refractivity contribution >= 4 is 46.6 Å². The van der Waals surface area contributed by atoms with Crippen LogP contribution in [0, 0.1) is 5.82 Å². The molecule has 5 nitrogen and oxygen atoms in total. The van der Waals surface area contributed by atoms with Crippen molar-refractivity contribution in [3.63, 3.8) is 0 Å². The molecule has 30 heavy (non-hydrogen) atoms. The monoisotopic (exact) mass is 421 g/mol. The van der Waals surface area contributed by atoms with Crippen LogP contribution in [0.5, 0.6) is 0 Å². The Hall–Kier alpha value is -3.06. The van der Waals surface area contributed by atoms with Crippen molar-refractivity contribution in [3.05, 3.63) is 64.5 Å². The highest BCUT2D eigenvalue weighted by Gasteiger charge is 2.35. The number of hydrogen-bond donors (Lipinski definition) is 1. The maximum atomic E-state index is 13.7. The molecule has 3 aliphatic heterocycles. The van der Waals surface area contributed by atoms with Gasteiger partial charge in [-0.05, 0) is 91.0 Å². The Morgan fingerprint density at radius 3 is 2.40 bits per heavy atom. The van der Waals surface area contributed by atoms with Crippen molar-refractivity contribution < 1.29 is 14.0 Å². The minimum atomic E-state index is -0.553. The number of rotatable bonds is 2. The second-order valence-corrected chi connectivity index (χ2v) is 8.21. The summed E-state index contributed by atoms with van der Waals surface area (Å²) in [6, 6.07) is 9.74. The molecule has 3 aliphatic rings. The second-order valence-electron chi connectivity index (χ2n) is 7.82. The van der Waals surface area contributed by atoms with Crippen LogP contribution in [-0.4, -0.2) is 30.0 Å². The summed E-state index contributed by atoms with van der Waals surface area (Å²) in [7, 11) is 0. The highest BCUT2D eigenvalue weighted by Crippen LogP contribution is 2.36. The van der Waals surface area contributed by atoms with Crippen molar-refractivity contribution in [2.75, 3.05) is 22.9 Å². The summed E-state index contributed by atoms with van der Waals surface area (Å²) in [6.45, 7) is 2.17. The van der Waals surface area contributed by atoms with Gasteiger partial charge in [0.15, 0.2) is 5.11 Å². The van der Waals surface area contributed by atoms with Crippen LogP contribution in [0.4, 0.5) is 15.8 Å². The van der Waals surface area contributed by atoms with Crippen LogP contribution in [0.2, 0.25) is 0 Å². The van der Waals surface area contributed by atoms with Crippen molar-refractivity contribution in [1.82, 2.24) is 5.32 Å². The van der Waals surface area contributed by atoms with Crippen molar-refractivity contribution in [3.8, 4) is 0 Å². The minimum Gasteiger partial charge on any atom is -0.371 e. The van der Waals surface area contributed by atoms with Gasteiger partial charge < -0.3 is 4.90 Å². The maximum Gasteiger partial charge on any atom is 0.270 e. The molecule has 0 radical (unpaired) electrons. The summed E-state index contributed by atoms with van der Waals surface area (Å²) >= 11 is 5.18. The van der Waals surface area contributed by atoms with Crippen LogP contribution >= 0.6 is 12.2 Å². The number of carbonyl (C=O) groups excluding carboxylic acids is 2. The van der Waals surface area contributed by atoms with Gasteiger partial charge in [-0.25, -0.2) is 4.39 Å². The lowest BCUT2D eigenvalue weighted by atomic mass is 9.89. The number of nitrogens with one attached hydrogen (secondary N) is 1. The highest BCUT2D eigenvalue weighted by molar-refractivity contribution is 7.80. The third-order valence-corrected chi connectivity index (χ3v) is 6.12.